The Labute approximate surface area is 103 Å². The minimum Gasteiger partial charge on any atom is -0.346 e. The summed E-state index contributed by atoms with van der Waals surface area (Å²) in [5.74, 6) is -0.664. The molecule has 18 heavy (non-hydrogen) atoms. The van der Waals surface area contributed by atoms with Crippen molar-refractivity contribution in [1.82, 2.24) is 10.6 Å². The summed E-state index contributed by atoms with van der Waals surface area (Å²) in [7, 11) is 0. The van der Waals surface area contributed by atoms with Crippen molar-refractivity contribution < 1.29 is 18.0 Å². The van der Waals surface area contributed by atoms with Gasteiger partial charge in [0.2, 0.25) is 5.91 Å². The lowest BCUT2D eigenvalue weighted by Gasteiger charge is -2.15. The van der Waals surface area contributed by atoms with Gasteiger partial charge in [0.15, 0.2) is 0 Å². The van der Waals surface area contributed by atoms with Crippen LogP contribution in [0.2, 0.25) is 0 Å². The average molecular weight is 260 g/mol. The highest BCUT2D eigenvalue weighted by atomic mass is 19.4. The van der Waals surface area contributed by atoms with Gasteiger partial charge in [-0.1, -0.05) is 30.3 Å². The van der Waals surface area contributed by atoms with Crippen LogP contribution in [0, 0.1) is 0 Å². The highest BCUT2D eigenvalue weighted by Crippen LogP contribution is 2.12. The number of amides is 1. The van der Waals surface area contributed by atoms with E-state index >= 15 is 0 Å². The van der Waals surface area contributed by atoms with E-state index in [1.54, 1.807) is 0 Å². The summed E-state index contributed by atoms with van der Waals surface area (Å²) in [5, 5.41) is 4.69. The number of hydrogen-bond acceptors (Lipinski definition) is 2. The van der Waals surface area contributed by atoms with Crippen molar-refractivity contribution in [3.63, 3.8) is 0 Å². The summed E-state index contributed by atoms with van der Waals surface area (Å²) >= 11 is 0. The molecular weight excluding hydrogens is 245 g/mol. The van der Waals surface area contributed by atoms with Gasteiger partial charge < -0.3 is 10.6 Å². The van der Waals surface area contributed by atoms with Gasteiger partial charge >= 0.3 is 6.18 Å². The summed E-state index contributed by atoms with van der Waals surface area (Å²) in [6.07, 6.45) is -4.38. The number of hydrogen-bond donors (Lipinski definition) is 2. The number of carbonyl (C=O) groups excluding carboxylic acids is 1. The highest BCUT2D eigenvalue weighted by Gasteiger charge is 2.28. The van der Waals surface area contributed by atoms with Crippen molar-refractivity contribution >= 4 is 5.91 Å². The van der Waals surface area contributed by atoms with E-state index in [4.69, 9.17) is 0 Å². The summed E-state index contributed by atoms with van der Waals surface area (Å²) in [5.41, 5.74) is 0.966. The van der Waals surface area contributed by atoms with E-state index in [0.29, 0.717) is 6.54 Å². The first kappa shape index (κ1) is 14.5. The molecule has 0 saturated carbocycles. The Hall–Kier alpha value is -1.56. The molecule has 6 heteroatoms. The van der Waals surface area contributed by atoms with E-state index in [9.17, 15) is 18.0 Å². The molecule has 2 N–H and O–H groups in total. The van der Waals surface area contributed by atoms with Crippen molar-refractivity contribution in [2.75, 3.05) is 6.54 Å². The molecule has 0 radical (unpaired) electrons. The molecule has 0 fully saturated rings. The molecule has 0 heterocycles. The third-order valence-corrected chi connectivity index (χ3v) is 2.31. The smallest absolute Gasteiger partial charge is 0.346 e. The normalized spacial score (nSPS) is 13.1. The lowest BCUT2D eigenvalue weighted by atomic mass is 10.2. The second kappa shape index (κ2) is 6.39. The van der Waals surface area contributed by atoms with Gasteiger partial charge in [-0.15, -0.1) is 0 Å². The zero-order valence-electron chi connectivity index (χ0n) is 9.92. The lowest BCUT2D eigenvalue weighted by molar-refractivity contribution is -0.139. The fourth-order valence-electron chi connectivity index (χ4n) is 1.30. The summed E-state index contributed by atoms with van der Waals surface area (Å²) in [6.45, 7) is 0.652. The van der Waals surface area contributed by atoms with Crippen molar-refractivity contribution in [3.05, 3.63) is 35.9 Å². The lowest BCUT2D eigenvalue weighted by Crippen LogP contribution is -2.44. The number of rotatable bonds is 5. The van der Waals surface area contributed by atoms with Crippen molar-refractivity contribution in [1.29, 1.82) is 0 Å². The number of carbonyl (C=O) groups is 1. The van der Waals surface area contributed by atoms with Crippen LogP contribution in [-0.4, -0.2) is 24.7 Å². The van der Waals surface area contributed by atoms with E-state index in [1.165, 1.54) is 6.92 Å². The molecule has 1 atom stereocenters. The molecule has 0 aliphatic heterocycles. The molecule has 0 spiro atoms. The maximum Gasteiger partial charge on any atom is 0.405 e. The molecule has 0 bridgehead atoms. The fraction of sp³-hybridized carbons (Fsp3) is 0.417. The molecule has 1 unspecified atom stereocenters. The third kappa shape index (κ3) is 5.67. The molecule has 100 valence electrons. The number of halogens is 3. The molecular formula is C12H15F3N2O. The minimum atomic E-state index is -4.38. The first-order valence-electron chi connectivity index (χ1n) is 5.50. The van der Waals surface area contributed by atoms with Gasteiger partial charge in [0.25, 0.3) is 0 Å². The van der Waals surface area contributed by atoms with Crippen LogP contribution in [0.25, 0.3) is 0 Å². The molecule has 0 aromatic heterocycles. The van der Waals surface area contributed by atoms with Crippen molar-refractivity contribution in [2.45, 2.75) is 25.7 Å². The molecule has 3 nitrogen and oxygen atoms in total. The summed E-state index contributed by atoms with van der Waals surface area (Å²) in [6, 6.07) is 8.63. The van der Waals surface area contributed by atoms with Crippen molar-refractivity contribution in [2.24, 2.45) is 0 Å². The van der Waals surface area contributed by atoms with Gasteiger partial charge in [-0.3, -0.25) is 4.79 Å². The average Bonchev–Trinajstić information content (AvgIpc) is 2.33. The predicted octanol–water partition coefficient (Wildman–Crippen LogP) is 1.84. The van der Waals surface area contributed by atoms with Crippen LogP contribution >= 0.6 is 0 Å². The Morgan fingerprint density at radius 3 is 2.44 bits per heavy atom. The Bertz CT molecular complexity index is 379. The molecule has 0 aliphatic carbocycles. The van der Waals surface area contributed by atoms with Gasteiger partial charge in [0, 0.05) is 6.54 Å². The van der Waals surface area contributed by atoms with E-state index in [0.717, 1.165) is 5.56 Å². The van der Waals surface area contributed by atoms with Gasteiger partial charge in [0.05, 0.1) is 6.04 Å². The Morgan fingerprint density at radius 1 is 1.28 bits per heavy atom. The Morgan fingerprint density at radius 2 is 1.89 bits per heavy atom. The molecule has 0 aliphatic rings. The zero-order valence-corrected chi connectivity index (χ0v) is 9.92. The van der Waals surface area contributed by atoms with Gasteiger partial charge in [0.1, 0.15) is 6.54 Å². The first-order chi connectivity index (χ1) is 8.38. The SMILES string of the molecule is CC(NCc1ccccc1)C(=O)NCC(F)(F)F. The van der Waals surface area contributed by atoms with Gasteiger partial charge in [-0.05, 0) is 12.5 Å². The molecule has 1 aromatic carbocycles. The van der Waals surface area contributed by atoms with E-state index in [2.05, 4.69) is 5.32 Å². The van der Waals surface area contributed by atoms with Crippen LogP contribution in [0.4, 0.5) is 13.2 Å². The van der Waals surface area contributed by atoms with Gasteiger partial charge in [-0.25, -0.2) is 0 Å². The van der Waals surface area contributed by atoms with Gasteiger partial charge in [-0.2, -0.15) is 13.2 Å². The summed E-state index contributed by atoms with van der Waals surface area (Å²) in [4.78, 5) is 11.3. The third-order valence-electron chi connectivity index (χ3n) is 2.31. The Balaban J connectivity index is 2.32. The molecule has 0 saturated heterocycles. The van der Waals surface area contributed by atoms with Crippen LogP contribution in [-0.2, 0) is 11.3 Å². The fourth-order valence-corrected chi connectivity index (χ4v) is 1.30. The zero-order chi connectivity index (χ0) is 13.6. The first-order valence-corrected chi connectivity index (χ1v) is 5.50. The van der Waals surface area contributed by atoms with E-state index < -0.39 is 24.7 Å². The maximum atomic E-state index is 11.9. The van der Waals surface area contributed by atoms with Crippen LogP contribution < -0.4 is 10.6 Å². The standard InChI is InChI=1S/C12H15F3N2O/c1-9(11(18)17-8-12(13,14)15)16-7-10-5-3-2-4-6-10/h2-6,9,16H,7-8H2,1H3,(H,17,18). The van der Waals surface area contributed by atoms with Crippen LogP contribution in [0.5, 0.6) is 0 Å². The molecule has 1 aromatic rings. The van der Waals surface area contributed by atoms with E-state index in [-0.39, 0.29) is 0 Å². The quantitative estimate of drug-likeness (QED) is 0.848. The van der Waals surface area contributed by atoms with Crippen LogP contribution in [0.3, 0.4) is 0 Å². The topological polar surface area (TPSA) is 41.1 Å². The largest absolute Gasteiger partial charge is 0.405 e. The van der Waals surface area contributed by atoms with Crippen LogP contribution in [0.1, 0.15) is 12.5 Å². The number of benzene rings is 1. The second-order valence-corrected chi connectivity index (χ2v) is 3.92. The molecule has 1 amide bonds. The predicted molar refractivity (Wildman–Crippen MR) is 61.8 cm³/mol. The Kier molecular flexibility index (Phi) is 5.15. The summed E-state index contributed by atoms with van der Waals surface area (Å²) < 4.78 is 35.7. The highest BCUT2D eigenvalue weighted by molar-refractivity contribution is 5.81. The number of alkyl halides is 3. The molecule has 1 rings (SSSR count). The van der Waals surface area contributed by atoms with E-state index in [1.807, 2.05) is 35.6 Å². The number of nitrogens with one attached hydrogen (secondary N) is 2. The monoisotopic (exact) mass is 260 g/mol. The second-order valence-electron chi connectivity index (χ2n) is 3.92. The maximum absolute atomic E-state index is 11.9. The van der Waals surface area contributed by atoms with Crippen molar-refractivity contribution in [3.8, 4) is 0 Å². The minimum absolute atomic E-state index is 0.432. The van der Waals surface area contributed by atoms with Crippen LogP contribution in [0.15, 0.2) is 30.3 Å².